The zero-order chi connectivity index (χ0) is 29.1. The number of anilines is 2. The van der Waals surface area contributed by atoms with E-state index in [9.17, 15) is 18.6 Å². The molecule has 0 aliphatic heterocycles. The molecule has 0 spiro atoms. The standard InChI is InChI=1S/C29H30N4O6S/c1-38-25-11-7-9-22(18-25)28(35)32-24-10-6-8-20(16-24)13-14-21-17-23(19-31-27(21)30)29(36)33-40(3,37)15-5-4-12-26(34)39-2/h6-11,16-19H,4-5,12,15H2,1-3H3,(H2,30,31)(H,32,35). The minimum atomic E-state index is -2.81. The molecule has 1 aromatic heterocycles. The summed E-state index contributed by atoms with van der Waals surface area (Å²) in [6.45, 7) is 0. The molecule has 2 amide bonds. The van der Waals surface area contributed by atoms with Crippen molar-refractivity contribution in [3.8, 4) is 17.6 Å². The van der Waals surface area contributed by atoms with Crippen molar-refractivity contribution in [3.63, 3.8) is 0 Å². The molecular weight excluding hydrogens is 532 g/mol. The Labute approximate surface area is 233 Å². The molecule has 3 N–H and O–H groups in total. The Hall–Kier alpha value is -4.69. The Morgan fingerprint density at radius 3 is 2.55 bits per heavy atom. The van der Waals surface area contributed by atoms with Crippen LogP contribution in [-0.2, 0) is 19.3 Å². The van der Waals surface area contributed by atoms with Crippen molar-refractivity contribution in [2.75, 3.05) is 37.3 Å². The number of methoxy groups -OCH3 is 2. The molecule has 0 fully saturated rings. The quantitative estimate of drug-likeness (QED) is 0.226. The van der Waals surface area contributed by atoms with Gasteiger partial charge >= 0.3 is 5.97 Å². The van der Waals surface area contributed by atoms with Gasteiger partial charge in [0.15, 0.2) is 0 Å². The van der Waals surface area contributed by atoms with Crippen molar-refractivity contribution in [2.24, 2.45) is 4.36 Å². The lowest BCUT2D eigenvalue weighted by atomic mass is 10.1. The molecule has 0 bridgehead atoms. The number of unbranched alkanes of at least 4 members (excludes halogenated alkanes) is 1. The Balaban J connectivity index is 1.72. The van der Waals surface area contributed by atoms with E-state index in [1.807, 2.05) is 0 Å². The predicted octanol–water partition coefficient (Wildman–Crippen LogP) is 3.91. The number of benzene rings is 2. The van der Waals surface area contributed by atoms with Gasteiger partial charge in [0.25, 0.3) is 11.8 Å². The van der Waals surface area contributed by atoms with Crippen LogP contribution in [0.1, 0.15) is 51.1 Å². The summed E-state index contributed by atoms with van der Waals surface area (Å²) >= 11 is 0. The molecule has 1 heterocycles. The number of nitrogens with two attached hydrogens (primary N) is 1. The first-order valence-electron chi connectivity index (χ1n) is 12.2. The highest BCUT2D eigenvalue weighted by Crippen LogP contribution is 2.17. The average Bonchev–Trinajstić information content (AvgIpc) is 2.94. The van der Waals surface area contributed by atoms with Gasteiger partial charge in [0, 0.05) is 41.4 Å². The maximum atomic E-state index is 12.8. The number of nitrogens with one attached hydrogen (secondary N) is 1. The van der Waals surface area contributed by atoms with Gasteiger partial charge in [0.1, 0.15) is 11.6 Å². The van der Waals surface area contributed by atoms with Crippen LogP contribution in [0, 0.1) is 11.8 Å². The number of carbonyl (C=O) groups is 3. The van der Waals surface area contributed by atoms with Crippen LogP contribution < -0.4 is 15.8 Å². The number of ether oxygens (including phenoxy) is 2. The normalized spacial score (nSPS) is 11.8. The van der Waals surface area contributed by atoms with Crippen LogP contribution in [0.2, 0.25) is 0 Å². The molecule has 208 valence electrons. The van der Waals surface area contributed by atoms with Gasteiger partial charge < -0.3 is 20.5 Å². The summed E-state index contributed by atoms with van der Waals surface area (Å²) in [5.41, 5.74) is 7.94. The molecule has 0 aliphatic rings. The summed E-state index contributed by atoms with van der Waals surface area (Å²) in [7, 11) is 0.0212. The van der Waals surface area contributed by atoms with Crippen LogP contribution in [0.5, 0.6) is 5.75 Å². The Kier molecular flexibility index (Phi) is 10.4. The number of hydrogen-bond acceptors (Lipinski definition) is 8. The number of rotatable bonds is 9. The average molecular weight is 563 g/mol. The Bertz CT molecular complexity index is 1600. The second kappa shape index (κ2) is 13.9. The van der Waals surface area contributed by atoms with Gasteiger partial charge in [0.2, 0.25) is 0 Å². The summed E-state index contributed by atoms with van der Waals surface area (Å²) in [5.74, 6) is 5.36. The van der Waals surface area contributed by atoms with Gasteiger partial charge in [0.05, 0.1) is 35.1 Å². The molecule has 40 heavy (non-hydrogen) atoms. The predicted molar refractivity (Wildman–Crippen MR) is 154 cm³/mol. The molecule has 0 radical (unpaired) electrons. The fourth-order valence-electron chi connectivity index (χ4n) is 3.49. The van der Waals surface area contributed by atoms with Crippen molar-refractivity contribution < 1.29 is 28.1 Å². The van der Waals surface area contributed by atoms with Gasteiger partial charge in [-0.3, -0.25) is 14.4 Å². The summed E-state index contributed by atoms with van der Waals surface area (Å²) in [4.78, 5) is 40.6. The number of pyridine rings is 1. The smallest absolute Gasteiger partial charge is 0.305 e. The zero-order valence-electron chi connectivity index (χ0n) is 22.4. The maximum Gasteiger partial charge on any atom is 0.305 e. The second-order valence-electron chi connectivity index (χ2n) is 8.77. The van der Waals surface area contributed by atoms with Crippen molar-refractivity contribution in [1.29, 1.82) is 0 Å². The number of aromatic nitrogens is 1. The Morgan fingerprint density at radius 1 is 1.02 bits per heavy atom. The van der Waals surface area contributed by atoms with Crippen LogP contribution in [0.3, 0.4) is 0 Å². The second-order valence-corrected chi connectivity index (χ2v) is 11.3. The van der Waals surface area contributed by atoms with Crippen molar-refractivity contribution in [3.05, 3.63) is 83.0 Å². The Morgan fingerprint density at radius 2 is 1.80 bits per heavy atom. The summed E-state index contributed by atoms with van der Waals surface area (Å²) in [6, 6.07) is 15.2. The number of nitrogens with zero attached hydrogens (tertiary/aromatic N) is 2. The SMILES string of the molecule is COC(=O)CCCCS(C)(=O)=NC(=O)c1cnc(N)c(C#Cc2cccc(NC(=O)c3cccc(OC)c3)c2)c1. The van der Waals surface area contributed by atoms with Gasteiger partial charge in [-0.1, -0.05) is 24.0 Å². The highest BCUT2D eigenvalue weighted by molar-refractivity contribution is 7.93. The number of esters is 1. The molecule has 3 rings (SSSR count). The third-order valence-electron chi connectivity index (χ3n) is 5.62. The molecule has 1 atom stereocenters. The van der Waals surface area contributed by atoms with Crippen molar-refractivity contribution >= 4 is 39.0 Å². The monoisotopic (exact) mass is 562 g/mol. The van der Waals surface area contributed by atoms with E-state index in [-0.39, 0.29) is 35.4 Å². The van der Waals surface area contributed by atoms with Crippen molar-refractivity contribution in [2.45, 2.75) is 19.3 Å². The first kappa shape index (κ1) is 29.9. The lowest BCUT2D eigenvalue weighted by Gasteiger charge is -2.07. The molecule has 10 nitrogen and oxygen atoms in total. The maximum absolute atomic E-state index is 12.8. The number of hydrogen-bond donors (Lipinski definition) is 2. The molecule has 0 saturated carbocycles. The summed E-state index contributed by atoms with van der Waals surface area (Å²) < 4.78 is 26.4. The van der Waals surface area contributed by atoms with E-state index in [2.05, 4.69) is 31.2 Å². The van der Waals surface area contributed by atoms with Gasteiger partial charge in [-0.15, -0.1) is 0 Å². The van der Waals surface area contributed by atoms with E-state index in [0.29, 0.717) is 41.0 Å². The zero-order valence-corrected chi connectivity index (χ0v) is 23.2. The number of nitrogen functional groups attached to an aromatic ring is 1. The van der Waals surface area contributed by atoms with E-state index >= 15 is 0 Å². The first-order valence-corrected chi connectivity index (χ1v) is 14.3. The topological polar surface area (TPSA) is 150 Å². The third-order valence-corrected chi connectivity index (χ3v) is 7.22. The molecule has 2 aromatic carbocycles. The number of carbonyl (C=O) groups excluding carboxylic acids is 3. The first-order chi connectivity index (χ1) is 19.1. The van der Waals surface area contributed by atoms with Crippen molar-refractivity contribution in [1.82, 2.24) is 4.98 Å². The highest BCUT2D eigenvalue weighted by atomic mass is 32.2. The van der Waals surface area contributed by atoms with E-state index in [1.54, 1.807) is 48.5 Å². The van der Waals surface area contributed by atoms with Crippen LogP contribution in [0.15, 0.2) is 65.2 Å². The number of amides is 2. The van der Waals surface area contributed by atoms with Crippen LogP contribution in [0.4, 0.5) is 11.5 Å². The molecule has 0 aliphatic carbocycles. The van der Waals surface area contributed by atoms with Gasteiger partial charge in [-0.2, -0.15) is 4.36 Å². The summed E-state index contributed by atoms with van der Waals surface area (Å²) in [6.07, 6.45) is 3.80. The van der Waals surface area contributed by atoms with E-state index in [1.165, 1.54) is 32.7 Å². The minimum Gasteiger partial charge on any atom is -0.497 e. The largest absolute Gasteiger partial charge is 0.497 e. The molecule has 3 aromatic rings. The van der Waals surface area contributed by atoms with Crippen LogP contribution >= 0.6 is 0 Å². The molecule has 0 saturated heterocycles. The van der Waals surface area contributed by atoms with Gasteiger partial charge in [-0.05, 0) is 55.3 Å². The highest BCUT2D eigenvalue weighted by Gasteiger charge is 2.12. The van der Waals surface area contributed by atoms with Gasteiger partial charge in [-0.25, -0.2) is 9.19 Å². The van der Waals surface area contributed by atoms with E-state index in [4.69, 9.17) is 10.5 Å². The fraction of sp³-hybridized carbons (Fsp3) is 0.241. The van der Waals surface area contributed by atoms with E-state index in [0.717, 1.165) is 0 Å². The molecule has 1 unspecified atom stereocenters. The minimum absolute atomic E-state index is 0.0990. The lowest BCUT2D eigenvalue weighted by molar-refractivity contribution is -0.140. The van der Waals surface area contributed by atoms with E-state index < -0.39 is 15.6 Å². The lowest BCUT2D eigenvalue weighted by Crippen LogP contribution is -2.11. The van der Waals surface area contributed by atoms with Crippen LogP contribution in [-0.4, -0.2) is 53.2 Å². The summed E-state index contributed by atoms with van der Waals surface area (Å²) in [5, 5.41) is 2.83. The fourth-order valence-corrected chi connectivity index (χ4v) is 4.78. The third kappa shape index (κ3) is 8.96. The van der Waals surface area contributed by atoms with Crippen LogP contribution in [0.25, 0.3) is 0 Å². The molecule has 11 heteroatoms. The molecular formula is C29H30N4O6S.